The van der Waals surface area contributed by atoms with Crippen LogP contribution < -0.4 is 14.8 Å². The second kappa shape index (κ2) is 14.7. The molecule has 1 aliphatic rings. The van der Waals surface area contributed by atoms with Crippen molar-refractivity contribution >= 4 is 22.9 Å². The van der Waals surface area contributed by atoms with E-state index in [1.807, 2.05) is 84.9 Å². The molecule has 1 saturated heterocycles. The summed E-state index contributed by atoms with van der Waals surface area (Å²) in [6, 6.07) is 34.3. The molecule has 0 radical (unpaired) electrons. The highest BCUT2D eigenvalue weighted by Crippen LogP contribution is 2.46. The number of azide groups is 1. The number of methoxy groups -OCH3 is 2. The normalized spacial score (nSPS) is 17.1. The van der Waals surface area contributed by atoms with Gasteiger partial charge in [0.25, 0.3) is 5.91 Å². The highest BCUT2D eigenvalue weighted by molar-refractivity contribution is 6.06. The Balaban J connectivity index is 1.29. The number of amides is 1. The lowest BCUT2D eigenvalue weighted by Gasteiger charge is -2.39. The highest BCUT2D eigenvalue weighted by Gasteiger charge is 2.46. The summed E-state index contributed by atoms with van der Waals surface area (Å²) in [5.41, 5.74) is 12.1. The van der Waals surface area contributed by atoms with Crippen LogP contribution in [0.4, 0.5) is 5.82 Å². The lowest BCUT2D eigenvalue weighted by Crippen LogP contribution is -2.40. The zero-order valence-electron chi connectivity index (χ0n) is 27.9. The summed E-state index contributed by atoms with van der Waals surface area (Å²) in [4.78, 5) is 29.4. The maximum Gasteiger partial charge on any atom is 0.256 e. The summed E-state index contributed by atoms with van der Waals surface area (Å²) in [5.74, 6) is 1.36. The molecule has 1 fully saturated rings. The van der Waals surface area contributed by atoms with Crippen LogP contribution in [0.2, 0.25) is 0 Å². The van der Waals surface area contributed by atoms with E-state index in [-0.39, 0.29) is 18.3 Å². The number of anilines is 1. The van der Waals surface area contributed by atoms with Gasteiger partial charge in [-0.15, -0.1) is 0 Å². The summed E-state index contributed by atoms with van der Waals surface area (Å²) < 4.78 is 26.7. The maximum absolute atomic E-state index is 13.0. The van der Waals surface area contributed by atoms with E-state index in [0.717, 1.165) is 16.7 Å². The standard InChI is InChI=1S/C38H34N8O5/c1-48-29-17-13-27(14-18-29)38(26-11-7-4-8-12-26,28-15-19-30(49-2)20-16-28)51-31-21-33(50-32(31)22-43-45-39)46-24-42-34-35(40-23-41-36(34)46)44-37(47)25-9-5-3-6-10-25/h3-20,23-24,31-33H,21-22H2,1-2H3,(H,40,41,44,47)/t31-,32+,33+/m0/s1. The molecule has 0 saturated carbocycles. The number of hydrogen-bond donors (Lipinski definition) is 1. The number of hydrogen-bond acceptors (Lipinski definition) is 9. The van der Waals surface area contributed by atoms with Gasteiger partial charge in [-0.1, -0.05) is 77.9 Å². The Morgan fingerprint density at radius 1 is 0.882 bits per heavy atom. The van der Waals surface area contributed by atoms with Crippen molar-refractivity contribution in [2.75, 3.05) is 26.1 Å². The molecule has 3 heterocycles. The van der Waals surface area contributed by atoms with Gasteiger partial charge in [-0.25, -0.2) is 15.0 Å². The fourth-order valence-electron chi connectivity index (χ4n) is 6.46. The average Bonchev–Trinajstić information content (AvgIpc) is 3.81. The molecule has 6 aromatic rings. The van der Waals surface area contributed by atoms with Gasteiger partial charge in [0.1, 0.15) is 29.7 Å². The van der Waals surface area contributed by atoms with E-state index < -0.39 is 24.0 Å². The smallest absolute Gasteiger partial charge is 0.256 e. The molecule has 0 unspecified atom stereocenters. The van der Waals surface area contributed by atoms with Crippen LogP contribution in [0.15, 0.2) is 127 Å². The Bertz CT molecular complexity index is 2110. The van der Waals surface area contributed by atoms with E-state index in [9.17, 15) is 10.3 Å². The Labute approximate surface area is 293 Å². The number of ether oxygens (including phenoxy) is 4. The Hall–Kier alpha value is -6.27. The van der Waals surface area contributed by atoms with Crippen molar-refractivity contribution in [1.82, 2.24) is 19.5 Å². The summed E-state index contributed by atoms with van der Waals surface area (Å²) >= 11 is 0. The van der Waals surface area contributed by atoms with Gasteiger partial charge in [-0.05, 0) is 58.6 Å². The van der Waals surface area contributed by atoms with Crippen molar-refractivity contribution in [2.45, 2.75) is 30.5 Å². The first-order valence-electron chi connectivity index (χ1n) is 16.3. The number of imidazole rings is 1. The van der Waals surface area contributed by atoms with Crippen LogP contribution in [0.5, 0.6) is 11.5 Å². The lowest BCUT2D eigenvalue weighted by molar-refractivity contribution is -0.0817. The first-order valence-corrected chi connectivity index (χ1v) is 16.3. The number of rotatable bonds is 12. The van der Waals surface area contributed by atoms with Gasteiger partial charge in [-0.3, -0.25) is 9.36 Å². The summed E-state index contributed by atoms with van der Waals surface area (Å²) in [7, 11) is 3.25. The Kier molecular flexibility index (Phi) is 9.57. The van der Waals surface area contributed by atoms with Crippen LogP contribution in [-0.2, 0) is 15.1 Å². The molecule has 0 spiro atoms. The number of carbonyl (C=O) groups is 1. The molecule has 7 rings (SSSR count). The summed E-state index contributed by atoms with van der Waals surface area (Å²) in [6.45, 7) is 0.0216. The van der Waals surface area contributed by atoms with Crippen LogP contribution >= 0.6 is 0 Å². The molecule has 1 N–H and O–H groups in total. The molecule has 13 nitrogen and oxygen atoms in total. The Morgan fingerprint density at radius 3 is 2.10 bits per heavy atom. The van der Waals surface area contributed by atoms with Crippen LogP contribution in [0.25, 0.3) is 21.6 Å². The van der Waals surface area contributed by atoms with Gasteiger partial charge in [-0.2, -0.15) is 0 Å². The molecule has 13 heteroatoms. The number of benzene rings is 4. The number of nitrogens with one attached hydrogen (secondary N) is 1. The van der Waals surface area contributed by atoms with Crippen LogP contribution in [0.3, 0.4) is 0 Å². The number of carbonyl (C=O) groups excluding carboxylic acids is 1. The molecule has 0 aliphatic carbocycles. The van der Waals surface area contributed by atoms with Crippen molar-refractivity contribution in [2.24, 2.45) is 5.11 Å². The molecule has 51 heavy (non-hydrogen) atoms. The topological polar surface area (TPSA) is 158 Å². The van der Waals surface area contributed by atoms with Crippen LogP contribution in [0, 0.1) is 0 Å². The summed E-state index contributed by atoms with van der Waals surface area (Å²) in [5, 5.41) is 6.74. The van der Waals surface area contributed by atoms with E-state index in [4.69, 9.17) is 18.9 Å². The second-order valence-electron chi connectivity index (χ2n) is 11.8. The molecule has 256 valence electrons. The minimum Gasteiger partial charge on any atom is -0.497 e. The first-order chi connectivity index (χ1) is 25.0. The number of aromatic nitrogens is 4. The van der Waals surface area contributed by atoms with Gasteiger partial charge in [0.2, 0.25) is 0 Å². The molecular weight excluding hydrogens is 648 g/mol. The van der Waals surface area contributed by atoms with Gasteiger partial charge < -0.3 is 24.3 Å². The fraction of sp³-hybridized carbons (Fsp3) is 0.211. The quantitative estimate of drug-likeness (QED) is 0.0621. The van der Waals surface area contributed by atoms with Crippen molar-refractivity contribution in [3.63, 3.8) is 0 Å². The Morgan fingerprint density at radius 2 is 1.49 bits per heavy atom. The van der Waals surface area contributed by atoms with Crippen molar-refractivity contribution in [3.8, 4) is 11.5 Å². The zero-order chi connectivity index (χ0) is 35.2. The van der Waals surface area contributed by atoms with Gasteiger partial charge in [0.15, 0.2) is 17.0 Å². The third-order valence-electron chi connectivity index (χ3n) is 8.94. The van der Waals surface area contributed by atoms with E-state index in [0.29, 0.717) is 34.6 Å². The largest absolute Gasteiger partial charge is 0.497 e. The minimum atomic E-state index is -1.13. The summed E-state index contributed by atoms with van der Waals surface area (Å²) in [6.07, 6.45) is 1.50. The zero-order valence-corrected chi connectivity index (χ0v) is 27.9. The molecule has 1 amide bonds. The number of fused-ring (bicyclic) bond motifs is 1. The van der Waals surface area contributed by atoms with Gasteiger partial charge in [0, 0.05) is 16.9 Å². The van der Waals surface area contributed by atoms with Gasteiger partial charge in [0.05, 0.1) is 39.3 Å². The average molecular weight is 683 g/mol. The molecule has 4 aromatic carbocycles. The van der Waals surface area contributed by atoms with Crippen molar-refractivity contribution in [1.29, 1.82) is 0 Å². The predicted octanol–water partition coefficient (Wildman–Crippen LogP) is 7.07. The highest BCUT2D eigenvalue weighted by atomic mass is 16.6. The van der Waals surface area contributed by atoms with Crippen molar-refractivity contribution < 1.29 is 23.7 Å². The van der Waals surface area contributed by atoms with Crippen LogP contribution in [-0.4, -0.2) is 58.4 Å². The third kappa shape index (κ3) is 6.56. The molecule has 3 atom stereocenters. The molecular formula is C38H34N8O5. The molecule has 0 bridgehead atoms. The van der Waals surface area contributed by atoms with E-state index in [1.165, 1.54) is 6.33 Å². The first kappa shape index (κ1) is 33.2. The second-order valence-corrected chi connectivity index (χ2v) is 11.8. The predicted molar refractivity (Wildman–Crippen MR) is 189 cm³/mol. The van der Waals surface area contributed by atoms with E-state index >= 15 is 0 Å². The molecule has 1 aliphatic heterocycles. The number of nitrogens with zero attached hydrogens (tertiary/aromatic N) is 7. The van der Waals surface area contributed by atoms with Crippen LogP contribution in [0.1, 0.15) is 39.7 Å². The monoisotopic (exact) mass is 682 g/mol. The fourth-order valence-corrected chi connectivity index (χ4v) is 6.46. The third-order valence-corrected chi connectivity index (χ3v) is 8.94. The van der Waals surface area contributed by atoms with E-state index in [2.05, 4.69) is 30.3 Å². The van der Waals surface area contributed by atoms with E-state index in [1.54, 1.807) is 49.4 Å². The lowest BCUT2D eigenvalue weighted by atomic mass is 9.79. The maximum atomic E-state index is 13.0. The minimum absolute atomic E-state index is 0.0216. The van der Waals surface area contributed by atoms with Gasteiger partial charge >= 0.3 is 0 Å². The van der Waals surface area contributed by atoms with Crippen molar-refractivity contribution in [3.05, 3.63) is 155 Å². The molecule has 2 aromatic heterocycles. The SMILES string of the molecule is COc1ccc(C(O[C@H]2C[C@H](n3cnc4c(NC(=O)c5ccccc5)ncnc43)O[C@@H]2CN=[N+]=[N-])(c2ccccc2)c2ccc(OC)cc2)cc1.